The molecule has 35 heavy (non-hydrogen) atoms. The monoisotopic (exact) mass is 596 g/mol. The van der Waals surface area contributed by atoms with Gasteiger partial charge in [0.2, 0.25) is 0 Å². The first-order chi connectivity index (χ1) is 17.1. The second kappa shape index (κ2) is 12.2. The average Bonchev–Trinajstić information content (AvgIpc) is 2.94. The van der Waals surface area contributed by atoms with E-state index in [9.17, 15) is 0 Å². The van der Waals surface area contributed by atoms with Gasteiger partial charge in [0.15, 0.2) is 0 Å². The van der Waals surface area contributed by atoms with Gasteiger partial charge in [-0.05, 0) is 0 Å². The summed E-state index contributed by atoms with van der Waals surface area (Å²) in [6.45, 7) is 1.43. The Morgan fingerprint density at radius 3 is 1.54 bits per heavy atom. The average molecular weight is 596 g/mol. The van der Waals surface area contributed by atoms with Gasteiger partial charge in [-0.3, -0.25) is 0 Å². The first-order valence-corrected chi connectivity index (χ1v) is 17.5. The van der Waals surface area contributed by atoms with Crippen LogP contribution in [0.3, 0.4) is 0 Å². The maximum absolute atomic E-state index is 5.97. The molecular weight excluding hydrogens is 562 g/mol. The Labute approximate surface area is 223 Å². The van der Waals surface area contributed by atoms with Gasteiger partial charge in [-0.15, -0.1) is 0 Å². The Morgan fingerprint density at radius 1 is 0.600 bits per heavy atom. The fraction of sp³-hybridized carbons (Fsp3) is 0.226. The van der Waals surface area contributed by atoms with Crippen LogP contribution in [0.1, 0.15) is 24.8 Å². The van der Waals surface area contributed by atoms with Crippen molar-refractivity contribution in [3.63, 3.8) is 0 Å². The van der Waals surface area contributed by atoms with E-state index in [0.717, 1.165) is 37.8 Å². The number of hydrogen-bond donors (Lipinski definition) is 0. The van der Waals surface area contributed by atoms with Crippen LogP contribution in [-0.4, -0.2) is 19.9 Å². The molecule has 4 rings (SSSR count). The molecule has 182 valence electrons. The molecule has 0 aliphatic carbocycles. The molecule has 0 amide bonds. The number of hydrogen-bond acceptors (Lipinski definition) is 2. The van der Waals surface area contributed by atoms with Crippen LogP contribution >= 0.6 is 26.3 Å². The van der Waals surface area contributed by atoms with Gasteiger partial charge < -0.3 is 0 Å². The quantitative estimate of drug-likeness (QED) is 0.0974. The van der Waals surface area contributed by atoms with Crippen LogP contribution in [0, 0.1) is 0 Å². The first-order valence-electron chi connectivity index (χ1n) is 12.3. The van der Waals surface area contributed by atoms with Gasteiger partial charge in [0.05, 0.1) is 7.11 Å². The topological polar surface area (TPSA) is 18.5 Å². The van der Waals surface area contributed by atoms with Gasteiger partial charge in [-0.25, -0.2) is 0 Å². The molecule has 0 heterocycles. The van der Waals surface area contributed by atoms with Gasteiger partial charge in [-0.2, -0.15) is 0 Å². The molecular formula is C31H34IO2P. The Morgan fingerprint density at radius 2 is 1.09 bits per heavy atom. The summed E-state index contributed by atoms with van der Waals surface area (Å²) in [5, 5.41) is 4.35. The summed E-state index contributed by atoms with van der Waals surface area (Å²) in [6.07, 6.45) is 4.52. The van der Waals surface area contributed by atoms with E-state index in [1.165, 1.54) is 21.5 Å². The predicted octanol–water partition coefficient (Wildman–Crippen LogP) is 7.26. The Balaban J connectivity index is 1.48. The maximum atomic E-state index is 5.97. The van der Waals surface area contributed by atoms with Crippen LogP contribution < -0.4 is 20.7 Å². The standard InChI is InChI=1S/C31H34IO2P/c1-33-28-22-20-27(21-23-28)26-34-24-12-5-13-25-35(32,29-14-6-2-7-15-29,30-16-8-3-9-17-30)31-18-10-4-11-19-31/h2-4,6-11,14-23H,5,12-13,24-26H2,1H3. The van der Waals surface area contributed by atoms with E-state index in [2.05, 4.69) is 125 Å². The van der Waals surface area contributed by atoms with E-state index in [-0.39, 0.29) is 0 Å². The van der Waals surface area contributed by atoms with Gasteiger partial charge in [0, 0.05) is 0 Å². The van der Waals surface area contributed by atoms with Crippen molar-refractivity contribution < 1.29 is 9.47 Å². The van der Waals surface area contributed by atoms with Crippen molar-refractivity contribution in [1.82, 2.24) is 0 Å². The summed E-state index contributed by atoms with van der Waals surface area (Å²) in [5.41, 5.74) is 1.18. The number of methoxy groups -OCH3 is 1. The fourth-order valence-electron chi connectivity index (χ4n) is 4.75. The second-order valence-electron chi connectivity index (χ2n) is 8.87. The molecule has 0 aromatic heterocycles. The zero-order valence-electron chi connectivity index (χ0n) is 20.4. The fourth-order valence-corrected chi connectivity index (χ4v) is 13.5. The molecule has 0 bridgehead atoms. The molecule has 0 unspecified atom stereocenters. The molecule has 0 aliphatic heterocycles. The number of ether oxygens (including phenoxy) is 2. The molecule has 0 N–H and O–H groups in total. The van der Waals surface area contributed by atoms with Crippen molar-refractivity contribution in [1.29, 1.82) is 0 Å². The van der Waals surface area contributed by atoms with Crippen molar-refractivity contribution in [2.75, 3.05) is 19.9 Å². The Hall–Kier alpha value is -2.20. The third kappa shape index (κ3) is 5.80. The molecule has 0 spiro atoms. The molecule has 0 saturated carbocycles. The number of halogens is 1. The zero-order valence-corrected chi connectivity index (χ0v) is 23.4. The predicted molar refractivity (Wildman–Crippen MR) is 161 cm³/mol. The number of benzene rings is 4. The van der Waals surface area contributed by atoms with Crippen molar-refractivity contribution in [2.24, 2.45) is 0 Å². The van der Waals surface area contributed by atoms with Crippen molar-refractivity contribution in [3.05, 3.63) is 121 Å². The van der Waals surface area contributed by atoms with E-state index < -0.39 is 4.25 Å². The van der Waals surface area contributed by atoms with Crippen molar-refractivity contribution >= 4 is 42.2 Å². The van der Waals surface area contributed by atoms with Gasteiger partial charge in [-0.1, -0.05) is 0 Å². The zero-order chi connectivity index (χ0) is 24.4. The van der Waals surface area contributed by atoms with E-state index in [4.69, 9.17) is 9.47 Å². The van der Waals surface area contributed by atoms with Gasteiger partial charge >= 0.3 is 217 Å². The van der Waals surface area contributed by atoms with Crippen molar-refractivity contribution in [2.45, 2.75) is 25.9 Å². The van der Waals surface area contributed by atoms with Crippen LogP contribution in [0.25, 0.3) is 0 Å². The minimum atomic E-state index is -2.65. The van der Waals surface area contributed by atoms with Crippen LogP contribution in [0.2, 0.25) is 0 Å². The molecule has 4 heteroatoms. The van der Waals surface area contributed by atoms with Crippen molar-refractivity contribution in [3.8, 4) is 5.75 Å². The molecule has 0 aliphatic rings. The summed E-state index contributed by atoms with van der Waals surface area (Å²) < 4.78 is 8.55. The van der Waals surface area contributed by atoms with Crippen LogP contribution in [-0.2, 0) is 11.3 Å². The molecule has 2 nitrogen and oxygen atoms in total. The Kier molecular flexibility index (Phi) is 8.99. The number of rotatable bonds is 12. The second-order valence-corrected chi connectivity index (χ2v) is 19.6. The third-order valence-corrected chi connectivity index (χ3v) is 18.4. The summed E-state index contributed by atoms with van der Waals surface area (Å²) >= 11 is 2.88. The van der Waals surface area contributed by atoms with Crippen LogP contribution in [0.15, 0.2) is 115 Å². The van der Waals surface area contributed by atoms with Crippen LogP contribution in [0.5, 0.6) is 5.75 Å². The van der Waals surface area contributed by atoms with E-state index in [0.29, 0.717) is 6.61 Å². The van der Waals surface area contributed by atoms with E-state index >= 15 is 0 Å². The summed E-state index contributed by atoms with van der Waals surface area (Å²) in [7, 11) is 1.69. The van der Waals surface area contributed by atoms with Crippen LogP contribution in [0.4, 0.5) is 0 Å². The summed E-state index contributed by atoms with van der Waals surface area (Å²) in [6, 6.07) is 41.6. The summed E-state index contributed by atoms with van der Waals surface area (Å²) in [4.78, 5) is 0. The first kappa shape index (κ1) is 25.9. The minimum absolute atomic E-state index is 0.647. The molecule has 0 fully saturated rings. The summed E-state index contributed by atoms with van der Waals surface area (Å²) in [5.74, 6) is 0.879. The van der Waals surface area contributed by atoms with E-state index in [1.807, 2.05) is 12.1 Å². The molecule has 4 aromatic carbocycles. The number of unbranched alkanes of at least 4 members (excludes halogenated alkanes) is 2. The SMILES string of the molecule is COc1ccc(COCCCCCP(I)(c2ccccc2)(c2ccccc2)c2ccccc2)cc1. The third-order valence-electron chi connectivity index (χ3n) is 6.68. The van der Waals surface area contributed by atoms with Gasteiger partial charge in [0.1, 0.15) is 0 Å². The van der Waals surface area contributed by atoms with E-state index in [1.54, 1.807) is 7.11 Å². The molecule has 0 saturated heterocycles. The molecule has 4 aromatic rings. The normalized spacial score (nSPS) is 12.6. The Bertz CT molecular complexity index is 1070. The molecule has 0 atom stereocenters. The van der Waals surface area contributed by atoms with Gasteiger partial charge in [0.25, 0.3) is 0 Å². The molecule has 0 radical (unpaired) electrons.